The molecule has 0 aromatic carbocycles. The molecular formula is C17H25N3O. The van der Waals surface area contributed by atoms with Gasteiger partial charge in [-0.1, -0.05) is 6.07 Å². The molecule has 1 aromatic rings. The number of ether oxygens (including phenoxy) is 1. The van der Waals surface area contributed by atoms with Crippen LogP contribution in [0.5, 0.6) is 0 Å². The molecule has 1 aliphatic carbocycles. The predicted octanol–water partition coefficient (Wildman–Crippen LogP) is 1.62. The van der Waals surface area contributed by atoms with Gasteiger partial charge in [0.05, 0.1) is 18.4 Å². The highest BCUT2D eigenvalue weighted by Gasteiger charge is 2.37. The highest BCUT2D eigenvalue weighted by Crippen LogP contribution is 2.31. The van der Waals surface area contributed by atoms with Crippen molar-refractivity contribution in [3.05, 3.63) is 30.1 Å². The van der Waals surface area contributed by atoms with Crippen molar-refractivity contribution in [3.8, 4) is 0 Å². The van der Waals surface area contributed by atoms with Crippen LogP contribution in [0, 0.1) is 11.8 Å². The topological polar surface area (TPSA) is 28.6 Å². The maximum absolute atomic E-state index is 6.12. The van der Waals surface area contributed by atoms with E-state index < -0.39 is 0 Å². The van der Waals surface area contributed by atoms with Gasteiger partial charge in [0.25, 0.3) is 0 Å². The Morgan fingerprint density at radius 2 is 2.05 bits per heavy atom. The number of likely N-dealkylation sites (tertiary alicyclic amines) is 1. The lowest BCUT2D eigenvalue weighted by Gasteiger charge is -2.23. The molecule has 0 spiro atoms. The number of fused-ring (bicyclic) bond motifs is 1. The maximum atomic E-state index is 6.12. The molecule has 0 unspecified atom stereocenters. The molecule has 1 saturated carbocycles. The van der Waals surface area contributed by atoms with Gasteiger partial charge in [-0.05, 0) is 30.9 Å². The third-order valence-electron chi connectivity index (χ3n) is 5.01. The van der Waals surface area contributed by atoms with Crippen LogP contribution in [0.3, 0.4) is 0 Å². The van der Waals surface area contributed by atoms with Gasteiger partial charge in [-0.15, -0.1) is 0 Å². The fourth-order valence-corrected chi connectivity index (χ4v) is 3.73. The molecule has 0 N–H and O–H groups in total. The smallest absolute Gasteiger partial charge is 0.0755 e. The fourth-order valence-electron chi connectivity index (χ4n) is 3.73. The Balaban J connectivity index is 1.35. The monoisotopic (exact) mass is 287 g/mol. The first-order chi connectivity index (χ1) is 10.4. The molecule has 2 atom stereocenters. The third-order valence-corrected chi connectivity index (χ3v) is 5.01. The van der Waals surface area contributed by atoms with Crippen LogP contribution in [-0.4, -0.2) is 60.2 Å². The van der Waals surface area contributed by atoms with Gasteiger partial charge < -0.3 is 9.64 Å². The van der Waals surface area contributed by atoms with Crippen molar-refractivity contribution >= 4 is 0 Å². The van der Waals surface area contributed by atoms with Gasteiger partial charge in [0.1, 0.15) is 0 Å². The van der Waals surface area contributed by atoms with E-state index in [2.05, 4.69) is 26.9 Å². The van der Waals surface area contributed by atoms with Crippen molar-refractivity contribution in [3.63, 3.8) is 0 Å². The molecule has 2 aliphatic heterocycles. The van der Waals surface area contributed by atoms with E-state index in [0.717, 1.165) is 38.7 Å². The molecule has 0 amide bonds. The van der Waals surface area contributed by atoms with Gasteiger partial charge >= 0.3 is 0 Å². The van der Waals surface area contributed by atoms with Crippen molar-refractivity contribution in [2.45, 2.75) is 25.5 Å². The molecule has 3 heterocycles. The van der Waals surface area contributed by atoms with Crippen LogP contribution < -0.4 is 0 Å². The highest BCUT2D eigenvalue weighted by molar-refractivity contribution is 5.04. The highest BCUT2D eigenvalue weighted by atomic mass is 16.5. The molecule has 4 nitrogen and oxygen atoms in total. The molecule has 1 aromatic heterocycles. The van der Waals surface area contributed by atoms with E-state index in [1.165, 1.54) is 31.6 Å². The standard InChI is InChI=1S/C17H25N3O/c1-2-6-18-16(3-1)12-20-11-15-10-19(9-14-4-5-14)7-8-21-17(15)13-20/h1-3,6,14-15,17H,4-5,7-13H2/t15-,17+/m1/s1. The largest absolute Gasteiger partial charge is 0.375 e. The van der Waals surface area contributed by atoms with Crippen molar-refractivity contribution in [1.29, 1.82) is 0 Å². The molecule has 3 fully saturated rings. The Kier molecular flexibility index (Phi) is 3.93. The molecule has 0 bridgehead atoms. The van der Waals surface area contributed by atoms with Crippen LogP contribution in [0.4, 0.5) is 0 Å². The molecule has 4 heteroatoms. The van der Waals surface area contributed by atoms with E-state index in [1.807, 2.05) is 12.3 Å². The van der Waals surface area contributed by atoms with Crippen LogP contribution in [0.25, 0.3) is 0 Å². The molecule has 4 rings (SSSR count). The summed E-state index contributed by atoms with van der Waals surface area (Å²) in [5.74, 6) is 1.66. The van der Waals surface area contributed by atoms with Gasteiger partial charge in [0, 0.05) is 51.4 Å². The minimum atomic E-state index is 0.429. The first-order valence-electron chi connectivity index (χ1n) is 8.33. The predicted molar refractivity (Wildman–Crippen MR) is 81.9 cm³/mol. The quantitative estimate of drug-likeness (QED) is 0.841. The second-order valence-corrected chi connectivity index (χ2v) is 6.89. The lowest BCUT2D eigenvalue weighted by atomic mass is 10.1. The fraction of sp³-hybridized carbons (Fsp3) is 0.706. The summed E-state index contributed by atoms with van der Waals surface area (Å²) in [6, 6.07) is 6.18. The van der Waals surface area contributed by atoms with Crippen LogP contribution in [0.2, 0.25) is 0 Å². The zero-order chi connectivity index (χ0) is 14.1. The Morgan fingerprint density at radius 1 is 1.14 bits per heavy atom. The van der Waals surface area contributed by atoms with Crippen LogP contribution >= 0.6 is 0 Å². The van der Waals surface area contributed by atoms with Gasteiger partial charge in [0.2, 0.25) is 0 Å². The summed E-state index contributed by atoms with van der Waals surface area (Å²) in [5.41, 5.74) is 1.17. The minimum Gasteiger partial charge on any atom is -0.375 e. The van der Waals surface area contributed by atoms with Crippen molar-refractivity contribution < 1.29 is 4.74 Å². The maximum Gasteiger partial charge on any atom is 0.0755 e. The second-order valence-electron chi connectivity index (χ2n) is 6.89. The number of hydrogen-bond acceptors (Lipinski definition) is 4. The van der Waals surface area contributed by atoms with Crippen LogP contribution in [-0.2, 0) is 11.3 Å². The zero-order valence-corrected chi connectivity index (χ0v) is 12.7. The zero-order valence-electron chi connectivity index (χ0n) is 12.7. The summed E-state index contributed by atoms with van der Waals surface area (Å²) in [6.07, 6.45) is 5.20. The molecule has 21 heavy (non-hydrogen) atoms. The molecule has 0 radical (unpaired) electrons. The second kappa shape index (κ2) is 6.03. The van der Waals surface area contributed by atoms with Crippen molar-refractivity contribution in [2.75, 3.05) is 39.3 Å². The molecular weight excluding hydrogens is 262 g/mol. The number of nitrogens with zero attached hydrogens (tertiary/aromatic N) is 3. The van der Waals surface area contributed by atoms with E-state index in [-0.39, 0.29) is 0 Å². The summed E-state index contributed by atoms with van der Waals surface area (Å²) < 4.78 is 6.12. The van der Waals surface area contributed by atoms with Crippen molar-refractivity contribution in [2.24, 2.45) is 11.8 Å². The minimum absolute atomic E-state index is 0.429. The van der Waals surface area contributed by atoms with E-state index in [4.69, 9.17) is 4.74 Å². The number of hydrogen-bond donors (Lipinski definition) is 0. The summed E-state index contributed by atoms with van der Waals surface area (Å²) in [4.78, 5) is 9.61. The SMILES string of the molecule is c1ccc(CN2C[C@H]3CN(CC4CC4)CCO[C@H]3C2)nc1. The van der Waals surface area contributed by atoms with Gasteiger partial charge in [-0.25, -0.2) is 0 Å². The number of rotatable bonds is 4. The Morgan fingerprint density at radius 3 is 2.86 bits per heavy atom. The van der Waals surface area contributed by atoms with Crippen LogP contribution in [0.15, 0.2) is 24.4 Å². The lowest BCUT2D eigenvalue weighted by Crippen LogP contribution is -2.34. The normalized spacial score (nSPS) is 31.0. The third kappa shape index (κ3) is 3.44. The first-order valence-corrected chi connectivity index (χ1v) is 8.33. The van der Waals surface area contributed by atoms with E-state index >= 15 is 0 Å². The van der Waals surface area contributed by atoms with Crippen molar-refractivity contribution in [1.82, 2.24) is 14.8 Å². The Hall–Kier alpha value is -0.970. The van der Waals surface area contributed by atoms with Gasteiger partial charge in [-0.2, -0.15) is 0 Å². The molecule has 3 aliphatic rings. The number of aromatic nitrogens is 1. The van der Waals surface area contributed by atoms with E-state index in [1.54, 1.807) is 0 Å². The van der Waals surface area contributed by atoms with Gasteiger partial charge in [0.15, 0.2) is 0 Å². The summed E-state index contributed by atoms with van der Waals surface area (Å²) in [5, 5.41) is 0. The molecule has 2 saturated heterocycles. The number of pyridine rings is 1. The average Bonchev–Trinajstić information content (AvgIpc) is 3.26. The summed E-state index contributed by atoms with van der Waals surface area (Å²) in [6.45, 7) is 7.74. The summed E-state index contributed by atoms with van der Waals surface area (Å²) in [7, 11) is 0. The van der Waals surface area contributed by atoms with E-state index in [9.17, 15) is 0 Å². The molecule has 114 valence electrons. The van der Waals surface area contributed by atoms with Crippen LogP contribution in [0.1, 0.15) is 18.5 Å². The average molecular weight is 287 g/mol. The van der Waals surface area contributed by atoms with Gasteiger partial charge in [-0.3, -0.25) is 9.88 Å². The summed E-state index contributed by atoms with van der Waals surface area (Å²) >= 11 is 0. The van der Waals surface area contributed by atoms with E-state index in [0.29, 0.717) is 12.0 Å². The Bertz CT molecular complexity index is 462. The first kappa shape index (κ1) is 13.7. The lowest BCUT2D eigenvalue weighted by molar-refractivity contribution is 0.0510. The Labute approximate surface area is 127 Å².